The standard InChI is InChI=1S/C15H19N3O2/c1-4-20-15(19)14(16)13-10(2)17-18(11(13)3)12-8-6-5-7-9-12/h5-9,14H,4,16H2,1-3H3. The van der Waals surface area contributed by atoms with Gasteiger partial charge in [-0.15, -0.1) is 0 Å². The van der Waals surface area contributed by atoms with Gasteiger partial charge in [-0.3, -0.25) is 0 Å². The van der Waals surface area contributed by atoms with Gasteiger partial charge in [0.15, 0.2) is 0 Å². The molecule has 1 atom stereocenters. The van der Waals surface area contributed by atoms with Crippen LogP contribution in [0, 0.1) is 13.8 Å². The molecular formula is C15H19N3O2. The number of nitrogens with zero attached hydrogens (tertiary/aromatic N) is 2. The van der Waals surface area contributed by atoms with E-state index in [1.54, 1.807) is 11.6 Å². The third-order valence-electron chi connectivity index (χ3n) is 3.20. The SMILES string of the molecule is CCOC(=O)C(N)c1c(C)nn(-c2ccccc2)c1C. The van der Waals surface area contributed by atoms with Crippen LogP contribution in [0.2, 0.25) is 0 Å². The number of ether oxygens (including phenoxy) is 1. The maximum Gasteiger partial charge on any atom is 0.327 e. The van der Waals surface area contributed by atoms with Crippen molar-refractivity contribution in [2.75, 3.05) is 6.61 Å². The van der Waals surface area contributed by atoms with E-state index in [1.807, 2.05) is 44.2 Å². The van der Waals surface area contributed by atoms with Crippen LogP contribution in [0.25, 0.3) is 5.69 Å². The number of carbonyl (C=O) groups is 1. The second kappa shape index (κ2) is 5.88. The molecule has 0 aliphatic heterocycles. The zero-order valence-corrected chi connectivity index (χ0v) is 12.0. The maximum absolute atomic E-state index is 11.8. The zero-order chi connectivity index (χ0) is 14.7. The van der Waals surface area contributed by atoms with Crippen LogP contribution < -0.4 is 5.73 Å². The molecule has 0 fully saturated rings. The highest BCUT2D eigenvalue weighted by Crippen LogP contribution is 2.23. The number of aryl methyl sites for hydroxylation is 1. The molecule has 20 heavy (non-hydrogen) atoms. The quantitative estimate of drug-likeness (QED) is 0.866. The Morgan fingerprint density at radius 1 is 1.35 bits per heavy atom. The van der Waals surface area contributed by atoms with Crippen molar-refractivity contribution in [2.45, 2.75) is 26.8 Å². The van der Waals surface area contributed by atoms with Gasteiger partial charge in [0.25, 0.3) is 0 Å². The molecule has 0 radical (unpaired) electrons. The normalized spacial score (nSPS) is 12.2. The minimum atomic E-state index is -0.799. The van der Waals surface area contributed by atoms with E-state index in [2.05, 4.69) is 5.10 Å². The van der Waals surface area contributed by atoms with Gasteiger partial charge in [-0.2, -0.15) is 5.10 Å². The summed E-state index contributed by atoms with van der Waals surface area (Å²) in [6, 6.07) is 8.94. The summed E-state index contributed by atoms with van der Waals surface area (Å²) in [5, 5.41) is 4.47. The summed E-state index contributed by atoms with van der Waals surface area (Å²) in [7, 11) is 0. The highest BCUT2D eigenvalue weighted by atomic mass is 16.5. The number of rotatable bonds is 4. The second-order valence-corrected chi connectivity index (χ2v) is 4.56. The van der Waals surface area contributed by atoms with E-state index in [9.17, 15) is 4.79 Å². The molecule has 0 amide bonds. The average Bonchev–Trinajstić information content (AvgIpc) is 2.74. The lowest BCUT2D eigenvalue weighted by Crippen LogP contribution is -2.24. The molecule has 0 aliphatic carbocycles. The molecule has 2 aromatic rings. The smallest absolute Gasteiger partial charge is 0.327 e. The fraction of sp³-hybridized carbons (Fsp3) is 0.333. The van der Waals surface area contributed by atoms with E-state index in [0.29, 0.717) is 6.61 Å². The molecule has 0 bridgehead atoms. The number of nitrogens with two attached hydrogens (primary N) is 1. The average molecular weight is 273 g/mol. The second-order valence-electron chi connectivity index (χ2n) is 4.56. The van der Waals surface area contributed by atoms with Crippen molar-refractivity contribution < 1.29 is 9.53 Å². The predicted octanol–water partition coefficient (Wildman–Crippen LogP) is 2.05. The highest BCUT2D eigenvalue weighted by molar-refractivity contribution is 5.78. The number of hydrogen-bond donors (Lipinski definition) is 1. The fourth-order valence-electron chi connectivity index (χ4n) is 2.28. The van der Waals surface area contributed by atoms with Crippen LogP contribution in [-0.2, 0) is 9.53 Å². The molecule has 5 heteroatoms. The van der Waals surface area contributed by atoms with Crippen LogP contribution in [-0.4, -0.2) is 22.4 Å². The topological polar surface area (TPSA) is 70.1 Å². The highest BCUT2D eigenvalue weighted by Gasteiger charge is 2.25. The molecular weight excluding hydrogens is 254 g/mol. The summed E-state index contributed by atoms with van der Waals surface area (Å²) >= 11 is 0. The molecule has 0 saturated heterocycles. The van der Waals surface area contributed by atoms with E-state index >= 15 is 0 Å². The summed E-state index contributed by atoms with van der Waals surface area (Å²) in [4.78, 5) is 11.8. The summed E-state index contributed by atoms with van der Waals surface area (Å²) in [6.45, 7) is 5.83. The van der Waals surface area contributed by atoms with E-state index in [-0.39, 0.29) is 0 Å². The summed E-state index contributed by atoms with van der Waals surface area (Å²) in [6.07, 6.45) is 0. The Balaban J connectivity index is 2.42. The molecule has 0 spiro atoms. The van der Waals surface area contributed by atoms with Crippen LogP contribution in [0.5, 0.6) is 0 Å². The monoisotopic (exact) mass is 273 g/mol. The molecule has 2 N–H and O–H groups in total. The van der Waals surface area contributed by atoms with Crippen LogP contribution in [0.15, 0.2) is 30.3 Å². The molecule has 1 unspecified atom stereocenters. The lowest BCUT2D eigenvalue weighted by Gasteiger charge is -2.11. The van der Waals surface area contributed by atoms with E-state index < -0.39 is 12.0 Å². The van der Waals surface area contributed by atoms with E-state index in [1.165, 1.54) is 0 Å². The summed E-state index contributed by atoms with van der Waals surface area (Å²) < 4.78 is 6.78. The molecule has 1 heterocycles. The molecule has 106 valence electrons. The number of esters is 1. The fourth-order valence-corrected chi connectivity index (χ4v) is 2.28. The summed E-state index contributed by atoms with van der Waals surface area (Å²) in [5.41, 5.74) is 9.26. The number of carbonyl (C=O) groups excluding carboxylic acids is 1. The Morgan fingerprint density at radius 3 is 2.60 bits per heavy atom. The Labute approximate surface area is 118 Å². The van der Waals surface area contributed by atoms with E-state index in [4.69, 9.17) is 10.5 Å². The van der Waals surface area contributed by atoms with E-state index in [0.717, 1.165) is 22.6 Å². The van der Waals surface area contributed by atoms with Crippen molar-refractivity contribution >= 4 is 5.97 Å². The van der Waals surface area contributed by atoms with Crippen LogP contribution in [0.4, 0.5) is 0 Å². The van der Waals surface area contributed by atoms with Gasteiger partial charge >= 0.3 is 5.97 Å². The Bertz CT molecular complexity index is 605. The number of para-hydroxylation sites is 1. The first-order chi connectivity index (χ1) is 9.56. The maximum atomic E-state index is 11.8. The third kappa shape index (κ3) is 2.58. The molecule has 5 nitrogen and oxygen atoms in total. The van der Waals surface area contributed by atoms with Gasteiger partial charge in [-0.1, -0.05) is 18.2 Å². The van der Waals surface area contributed by atoms with Crippen molar-refractivity contribution in [1.82, 2.24) is 9.78 Å². The van der Waals surface area contributed by atoms with Gasteiger partial charge in [0.2, 0.25) is 0 Å². The minimum absolute atomic E-state index is 0.317. The zero-order valence-electron chi connectivity index (χ0n) is 12.0. The first-order valence-electron chi connectivity index (χ1n) is 6.60. The van der Waals surface area contributed by atoms with Gasteiger partial charge in [-0.05, 0) is 32.9 Å². The number of hydrogen-bond acceptors (Lipinski definition) is 4. The molecule has 2 rings (SSSR count). The van der Waals surface area contributed by atoms with Crippen LogP contribution in [0.3, 0.4) is 0 Å². The molecule has 1 aromatic heterocycles. The minimum Gasteiger partial charge on any atom is -0.465 e. The van der Waals surface area contributed by atoms with Gasteiger partial charge in [0, 0.05) is 11.3 Å². The first kappa shape index (κ1) is 14.3. The molecule has 0 aliphatic rings. The molecule has 1 aromatic carbocycles. The number of benzene rings is 1. The third-order valence-corrected chi connectivity index (χ3v) is 3.20. The Morgan fingerprint density at radius 2 is 2.00 bits per heavy atom. The van der Waals surface area contributed by atoms with Gasteiger partial charge in [-0.25, -0.2) is 9.48 Å². The van der Waals surface area contributed by atoms with Gasteiger partial charge < -0.3 is 10.5 Å². The lowest BCUT2D eigenvalue weighted by molar-refractivity contribution is -0.144. The van der Waals surface area contributed by atoms with Crippen molar-refractivity contribution in [3.63, 3.8) is 0 Å². The predicted molar refractivity (Wildman–Crippen MR) is 76.6 cm³/mol. The van der Waals surface area contributed by atoms with Gasteiger partial charge in [0.1, 0.15) is 6.04 Å². The van der Waals surface area contributed by atoms with Gasteiger partial charge in [0.05, 0.1) is 18.0 Å². The molecule has 0 saturated carbocycles. The van der Waals surface area contributed by atoms with Crippen molar-refractivity contribution in [2.24, 2.45) is 5.73 Å². The Hall–Kier alpha value is -2.14. The van der Waals surface area contributed by atoms with Crippen LogP contribution in [0.1, 0.15) is 29.9 Å². The first-order valence-corrected chi connectivity index (χ1v) is 6.60. The Kier molecular flexibility index (Phi) is 4.20. The van der Waals surface area contributed by atoms with Crippen molar-refractivity contribution in [3.05, 3.63) is 47.3 Å². The largest absolute Gasteiger partial charge is 0.465 e. The van der Waals surface area contributed by atoms with Crippen LogP contribution >= 0.6 is 0 Å². The number of aromatic nitrogens is 2. The lowest BCUT2D eigenvalue weighted by atomic mass is 10.1. The summed E-state index contributed by atoms with van der Waals surface area (Å²) in [5.74, 6) is -0.425. The van der Waals surface area contributed by atoms with Crippen molar-refractivity contribution in [1.29, 1.82) is 0 Å². The van der Waals surface area contributed by atoms with Crippen molar-refractivity contribution in [3.8, 4) is 5.69 Å².